The Balaban J connectivity index is 1.99. The number of nitrogen functional groups attached to an aromatic ring is 1. The Bertz CT molecular complexity index is 916. The molecule has 0 bridgehead atoms. The number of fused-ring (bicyclic) bond motifs is 1. The molecule has 1 aromatic heterocycles. The maximum absolute atomic E-state index is 14.1. The highest BCUT2D eigenvalue weighted by atomic mass is 19.1. The van der Waals surface area contributed by atoms with Gasteiger partial charge in [0.25, 0.3) is 0 Å². The minimum absolute atomic E-state index is 0.0805. The molecule has 0 aliphatic carbocycles. The van der Waals surface area contributed by atoms with E-state index in [0.29, 0.717) is 0 Å². The molecule has 0 amide bonds. The number of rotatable bonds is 4. The quantitative estimate of drug-likeness (QED) is 0.737. The van der Waals surface area contributed by atoms with Gasteiger partial charge in [-0.15, -0.1) is 0 Å². The Hall–Kier alpha value is -2.96. The van der Waals surface area contributed by atoms with E-state index < -0.39 is 17.5 Å². The van der Waals surface area contributed by atoms with Gasteiger partial charge >= 0.3 is 0 Å². The van der Waals surface area contributed by atoms with Gasteiger partial charge in [0.2, 0.25) is 0 Å². The van der Waals surface area contributed by atoms with Crippen LogP contribution in [0.5, 0.6) is 11.5 Å². The molecule has 2 N–H and O–H groups in total. The van der Waals surface area contributed by atoms with E-state index in [4.69, 9.17) is 15.2 Å². The van der Waals surface area contributed by atoms with E-state index in [1.807, 2.05) is 0 Å². The number of halogens is 3. The molecule has 124 valence electrons. The zero-order valence-electron chi connectivity index (χ0n) is 12.6. The van der Waals surface area contributed by atoms with Gasteiger partial charge in [-0.3, -0.25) is 4.98 Å². The topological polar surface area (TPSA) is 57.4 Å². The lowest BCUT2D eigenvalue weighted by Crippen LogP contribution is -2.04. The zero-order chi connectivity index (χ0) is 17.3. The summed E-state index contributed by atoms with van der Waals surface area (Å²) in [4.78, 5) is 4.01. The van der Waals surface area contributed by atoms with E-state index in [0.717, 1.165) is 12.1 Å². The van der Waals surface area contributed by atoms with E-state index in [1.165, 1.54) is 25.4 Å². The lowest BCUT2D eigenvalue weighted by Gasteiger charge is -2.13. The second kappa shape index (κ2) is 6.27. The van der Waals surface area contributed by atoms with Crippen LogP contribution in [-0.4, -0.2) is 12.1 Å². The van der Waals surface area contributed by atoms with Crippen LogP contribution in [0.3, 0.4) is 0 Å². The number of nitrogens with zero attached hydrogens (tertiary/aromatic N) is 1. The van der Waals surface area contributed by atoms with E-state index in [-0.39, 0.29) is 40.3 Å². The fourth-order valence-corrected chi connectivity index (χ4v) is 2.34. The maximum atomic E-state index is 14.1. The predicted octanol–water partition coefficient (Wildman–Crippen LogP) is 3.82. The summed E-state index contributed by atoms with van der Waals surface area (Å²) in [6.07, 6.45) is 1.43. The van der Waals surface area contributed by atoms with Crippen LogP contribution >= 0.6 is 0 Å². The fraction of sp³-hybridized carbons (Fsp3) is 0.118. The smallest absolute Gasteiger partial charge is 0.163 e. The molecule has 0 aliphatic heterocycles. The number of hydrogen-bond donors (Lipinski definition) is 1. The van der Waals surface area contributed by atoms with E-state index in [2.05, 4.69) is 4.98 Å². The molecule has 0 radical (unpaired) electrons. The summed E-state index contributed by atoms with van der Waals surface area (Å²) < 4.78 is 51.9. The van der Waals surface area contributed by atoms with Gasteiger partial charge in [0.1, 0.15) is 24.1 Å². The second-order valence-electron chi connectivity index (χ2n) is 5.03. The van der Waals surface area contributed by atoms with Gasteiger partial charge in [-0.2, -0.15) is 0 Å². The molecule has 2 aromatic carbocycles. The van der Waals surface area contributed by atoms with Crippen molar-refractivity contribution in [1.82, 2.24) is 4.98 Å². The lowest BCUT2D eigenvalue weighted by molar-refractivity contribution is 0.280. The van der Waals surface area contributed by atoms with Crippen molar-refractivity contribution in [2.75, 3.05) is 12.8 Å². The van der Waals surface area contributed by atoms with Crippen molar-refractivity contribution in [1.29, 1.82) is 0 Å². The molecule has 0 unspecified atom stereocenters. The molecule has 24 heavy (non-hydrogen) atoms. The summed E-state index contributed by atoms with van der Waals surface area (Å²) >= 11 is 0. The molecule has 0 saturated heterocycles. The number of aromatic nitrogens is 1. The minimum Gasteiger partial charge on any atom is -0.493 e. The molecule has 0 atom stereocenters. The molecule has 0 fully saturated rings. The number of hydrogen-bond acceptors (Lipinski definition) is 4. The van der Waals surface area contributed by atoms with Crippen LogP contribution in [0.1, 0.15) is 5.56 Å². The third kappa shape index (κ3) is 2.80. The van der Waals surface area contributed by atoms with Gasteiger partial charge in [0.15, 0.2) is 11.5 Å². The average molecular weight is 334 g/mol. The average Bonchev–Trinajstić information content (AvgIpc) is 2.57. The Morgan fingerprint density at radius 2 is 1.83 bits per heavy atom. The van der Waals surface area contributed by atoms with Gasteiger partial charge in [-0.25, -0.2) is 13.2 Å². The van der Waals surface area contributed by atoms with Crippen molar-refractivity contribution >= 4 is 16.6 Å². The van der Waals surface area contributed by atoms with E-state index in [1.54, 1.807) is 6.07 Å². The summed E-state index contributed by atoms with van der Waals surface area (Å²) in [6, 6.07) is 6.14. The zero-order valence-corrected chi connectivity index (χ0v) is 12.6. The molecule has 0 spiro atoms. The van der Waals surface area contributed by atoms with Crippen LogP contribution in [0.2, 0.25) is 0 Å². The van der Waals surface area contributed by atoms with Crippen molar-refractivity contribution in [3.8, 4) is 11.5 Å². The highest BCUT2D eigenvalue weighted by Crippen LogP contribution is 2.33. The predicted molar refractivity (Wildman–Crippen MR) is 83.4 cm³/mol. The second-order valence-corrected chi connectivity index (χ2v) is 5.03. The van der Waals surface area contributed by atoms with Crippen molar-refractivity contribution in [2.24, 2.45) is 0 Å². The van der Waals surface area contributed by atoms with E-state index in [9.17, 15) is 13.2 Å². The first-order chi connectivity index (χ1) is 11.5. The van der Waals surface area contributed by atoms with Gasteiger partial charge in [-0.1, -0.05) is 0 Å². The first kappa shape index (κ1) is 15.9. The first-order valence-corrected chi connectivity index (χ1v) is 6.98. The number of pyridine rings is 1. The summed E-state index contributed by atoms with van der Waals surface area (Å²) in [7, 11) is 1.34. The molecule has 3 aromatic rings. The number of anilines is 1. The maximum Gasteiger partial charge on any atom is 0.163 e. The minimum atomic E-state index is -0.784. The molecule has 7 heteroatoms. The lowest BCUT2D eigenvalue weighted by atomic mass is 10.1. The Morgan fingerprint density at radius 3 is 2.58 bits per heavy atom. The normalized spacial score (nSPS) is 10.8. The molecular formula is C17H13F3N2O2. The summed E-state index contributed by atoms with van der Waals surface area (Å²) in [5, 5.41) is 0.183. The van der Waals surface area contributed by atoms with Crippen molar-refractivity contribution in [2.45, 2.75) is 6.61 Å². The van der Waals surface area contributed by atoms with Crippen LogP contribution in [0.15, 0.2) is 36.5 Å². The van der Waals surface area contributed by atoms with Crippen LogP contribution in [0.4, 0.5) is 18.9 Å². The summed E-state index contributed by atoms with van der Waals surface area (Å²) in [5.74, 6) is -1.89. The largest absolute Gasteiger partial charge is 0.493 e. The van der Waals surface area contributed by atoms with Crippen molar-refractivity contribution in [3.05, 3.63) is 59.5 Å². The van der Waals surface area contributed by atoms with Gasteiger partial charge < -0.3 is 15.2 Å². The third-order valence-electron chi connectivity index (χ3n) is 3.55. The summed E-state index contributed by atoms with van der Waals surface area (Å²) in [6.45, 7) is -0.249. The standard InChI is InChI=1S/C17H13F3N2O2/c1-23-15-6-13(20)14(21)7-16(15)24-8-10-12(19)5-11(18)9-3-2-4-22-17(9)10/h2-7H,8,21H2,1H3. The van der Waals surface area contributed by atoms with Gasteiger partial charge in [0, 0.05) is 29.8 Å². The Kier molecular flexibility index (Phi) is 4.16. The summed E-state index contributed by atoms with van der Waals surface area (Å²) in [5.41, 5.74) is 5.61. The van der Waals surface area contributed by atoms with E-state index >= 15 is 0 Å². The SMILES string of the molecule is COc1cc(F)c(N)cc1OCc1c(F)cc(F)c2cccnc12. The number of ether oxygens (including phenoxy) is 2. The number of benzene rings is 2. The first-order valence-electron chi connectivity index (χ1n) is 6.98. The van der Waals surface area contributed by atoms with Gasteiger partial charge in [0.05, 0.1) is 23.9 Å². The fourth-order valence-electron chi connectivity index (χ4n) is 2.34. The molecule has 4 nitrogen and oxygen atoms in total. The highest BCUT2D eigenvalue weighted by molar-refractivity contribution is 5.82. The third-order valence-corrected chi connectivity index (χ3v) is 3.55. The van der Waals surface area contributed by atoms with Crippen LogP contribution < -0.4 is 15.2 Å². The Morgan fingerprint density at radius 1 is 1.04 bits per heavy atom. The number of nitrogens with two attached hydrogens (primary N) is 1. The van der Waals surface area contributed by atoms with Crippen LogP contribution in [0, 0.1) is 17.5 Å². The number of methoxy groups -OCH3 is 1. The molecule has 3 rings (SSSR count). The van der Waals surface area contributed by atoms with Crippen molar-refractivity contribution in [3.63, 3.8) is 0 Å². The molecular weight excluding hydrogens is 321 g/mol. The van der Waals surface area contributed by atoms with Crippen LogP contribution in [0.25, 0.3) is 10.9 Å². The van der Waals surface area contributed by atoms with Crippen LogP contribution in [-0.2, 0) is 6.61 Å². The molecule has 0 saturated carbocycles. The molecule has 1 heterocycles. The van der Waals surface area contributed by atoms with Crippen molar-refractivity contribution < 1.29 is 22.6 Å². The highest BCUT2D eigenvalue weighted by Gasteiger charge is 2.16. The molecule has 0 aliphatic rings. The Labute approximate surface area is 135 Å². The monoisotopic (exact) mass is 334 g/mol. The van der Waals surface area contributed by atoms with Gasteiger partial charge in [-0.05, 0) is 12.1 Å².